The van der Waals surface area contributed by atoms with Crippen LogP contribution in [0.3, 0.4) is 0 Å². The fourth-order valence-electron chi connectivity index (χ4n) is 3.34. The van der Waals surface area contributed by atoms with E-state index in [4.69, 9.17) is 5.73 Å². The molecule has 0 spiro atoms. The molecule has 0 aliphatic rings. The minimum atomic E-state index is -0.328. The van der Waals surface area contributed by atoms with Gasteiger partial charge in [-0.3, -0.25) is 9.39 Å². The van der Waals surface area contributed by atoms with Crippen molar-refractivity contribution >= 4 is 23.3 Å². The molecule has 0 saturated carbocycles. The summed E-state index contributed by atoms with van der Waals surface area (Å²) in [6.45, 7) is 2.06. The highest BCUT2D eigenvalue weighted by Crippen LogP contribution is 2.24. The van der Waals surface area contributed by atoms with Crippen molar-refractivity contribution in [3.8, 4) is 11.4 Å². The molecule has 0 fully saturated rings. The zero-order chi connectivity index (χ0) is 21.8. The van der Waals surface area contributed by atoms with Crippen molar-refractivity contribution in [3.63, 3.8) is 0 Å². The van der Waals surface area contributed by atoms with E-state index in [0.29, 0.717) is 17.2 Å². The molecule has 4 aromatic rings. The summed E-state index contributed by atoms with van der Waals surface area (Å²) in [5, 5.41) is 3.40. The number of aliphatic imine (C=N–C) groups is 1. The molecule has 8 heteroatoms. The normalized spacial score (nSPS) is 13.1. The number of halogens is 1. The van der Waals surface area contributed by atoms with Gasteiger partial charge in [0.2, 0.25) is 0 Å². The zero-order valence-electron chi connectivity index (χ0n) is 17.2. The van der Waals surface area contributed by atoms with E-state index in [9.17, 15) is 4.39 Å². The van der Waals surface area contributed by atoms with Gasteiger partial charge in [-0.15, -0.1) is 0 Å². The summed E-state index contributed by atoms with van der Waals surface area (Å²) in [5.41, 5.74) is 10.6. The van der Waals surface area contributed by atoms with Crippen molar-refractivity contribution in [2.24, 2.45) is 10.7 Å². The summed E-state index contributed by atoms with van der Waals surface area (Å²) in [6, 6.07) is 12.7. The second kappa shape index (κ2) is 8.74. The van der Waals surface area contributed by atoms with Gasteiger partial charge in [0.15, 0.2) is 0 Å². The molecule has 0 radical (unpaired) electrons. The van der Waals surface area contributed by atoms with E-state index in [-0.39, 0.29) is 11.9 Å². The fraction of sp³-hybridized carbons (Fsp3) is 0.130. The third-order valence-corrected chi connectivity index (χ3v) is 4.96. The molecule has 0 bridgehead atoms. The van der Waals surface area contributed by atoms with Gasteiger partial charge in [0.05, 0.1) is 17.6 Å². The lowest BCUT2D eigenvalue weighted by molar-refractivity contribution is 0.626. The molecule has 0 amide bonds. The molecule has 31 heavy (non-hydrogen) atoms. The van der Waals surface area contributed by atoms with Gasteiger partial charge in [0.25, 0.3) is 0 Å². The summed E-state index contributed by atoms with van der Waals surface area (Å²) in [6.07, 6.45) is 8.08. The molecule has 3 heterocycles. The lowest BCUT2D eigenvalue weighted by Crippen LogP contribution is -2.08. The SMILES string of the molecule is CN=CC(=CN)c1ccc(C(C)Nc2cc(-c3cnc4cc(F)ccn34)ncn2)cc1. The molecule has 7 nitrogen and oxygen atoms in total. The minimum Gasteiger partial charge on any atom is -0.404 e. The Morgan fingerprint density at radius 3 is 2.71 bits per heavy atom. The summed E-state index contributed by atoms with van der Waals surface area (Å²) >= 11 is 0. The molecular formula is C23H22FN7. The molecule has 1 aromatic carbocycles. The Bertz CT molecular complexity index is 1260. The van der Waals surface area contributed by atoms with Gasteiger partial charge >= 0.3 is 0 Å². The number of imidazole rings is 1. The maximum Gasteiger partial charge on any atom is 0.140 e. The number of nitrogens with two attached hydrogens (primary N) is 1. The number of anilines is 1. The molecule has 3 aromatic heterocycles. The lowest BCUT2D eigenvalue weighted by Gasteiger charge is -2.16. The molecular weight excluding hydrogens is 393 g/mol. The van der Waals surface area contributed by atoms with Gasteiger partial charge in [-0.1, -0.05) is 24.3 Å². The zero-order valence-corrected chi connectivity index (χ0v) is 17.2. The van der Waals surface area contributed by atoms with Crippen molar-refractivity contribution < 1.29 is 4.39 Å². The van der Waals surface area contributed by atoms with Gasteiger partial charge in [-0.05, 0) is 24.1 Å². The lowest BCUT2D eigenvalue weighted by atomic mass is 10.0. The Morgan fingerprint density at radius 2 is 1.97 bits per heavy atom. The summed E-state index contributed by atoms with van der Waals surface area (Å²) in [7, 11) is 1.71. The first-order chi connectivity index (χ1) is 15.1. The molecule has 1 unspecified atom stereocenters. The second-order valence-electron chi connectivity index (χ2n) is 7.00. The number of hydrogen-bond donors (Lipinski definition) is 2. The molecule has 0 saturated heterocycles. The van der Waals surface area contributed by atoms with Gasteiger partial charge in [-0.2, -0.15) is 0 Å². The molecule has 3 N–H and O–H groups in total. The molecule has 0 aliphatic carbocycles. The van der Waals surface area contributed by atoms with Crippen molar-refractivity contribution in [2.75, 3.05) is 12.4 Å². The van der Waals surface area contributed by atoms with Crippen LogP contribution in [0.1, 0.15) is 24.1 Å². The van der Waals surface area contributed by atoms with Crippen LogP contribution in [0.5, 0.6) is 0 Å². The Balaban J connectivity index is 1.55. The van der Waals surface area contributed by atoms with Crippen LogP contribution in [-0.2, 0) is 0 Å². The number of rotatable bonds is 6. The largest absolute Gasteiger partial charge is 0.404 e. The number of fused-ring (bicyclic) bond motifs is 1. The van der Waals surface area contributed by atoms with E-state index in [1.54, 1.807) is 36.3 Å². The third kappa shape index (κ3) is 4.28. The van der Waals surface area contributed by atoms with Crippen LogP contribution in [0.4, 0.5) is 10.2 Å². The second-order valence-corrected chi connectivity index (χ2v) is 7.00. The van der Waals surface area contributed by atoms with Gasteiger partial charge in [0.1, 0.15) is 23.6 Å². The van der Waals surface area contributed by atoms with Crippen LogP contribution in [0, 0.1) is 5.82 Å². The van der Waals surface area contributed by atoms with E-state index in [0.717, 1.165) is 22.4 Å². The molecule has 1 atom stereocenters. The van der Waals surface area contributed by atoms with E-state index in [2.05, 4.69) is 32.2 Å². The van der Waals surface area contributed by atoms with Crippen LogP contribution in [-0.4, -0.2) is 32.6 Å². The highest BCUT2D eigenvalue weighted by molar-refractivity contribution is 6.09. The average molecular weight is 415 g/mol. The smallest absolute Gasteiger partial charge is 0.140 e. The van der Waals surface area contributed by atoms with Crippen LogP contribution >= 0.6 is 0 Å². The van der Waals surface area contributed by atoms with Gasteiger partial charge in [0, 0.05) is 49.4 Å². The van der Waals surface area contributed by atoms with E-state index < -0.39 is 0 Å². The number of nitrogens with one attached hydrogen (secondary N) is 1. The fourth-order valence-corrected chi connectivity index (χ4v) is 3.34. The highest BCUT2D eigenvalue weighted by atomic mass is 19.1. The number of hydrogen-bond acceptors (Lipinski definition) is 6. The average Bonchev–Trinajstić information content (AvgIpc) is 3.21. The highest BCUT2D eigenvalue weighted by Gasteiger charge is 2.11. The first-order valence-corrected chi connectivity index (χ1v) is 9.75. The van der Waals surface area contributed by atoms with Crippen molar-refractivity contribution in [1.82, 2.24) is 19.4 Å². The Labute approximate surface area is 179 Å². The number of benzene rings is 1. The maximum absolute atomic E-state index is 13.4. The van der Waals surface area contributed by atoms with E-state index in [1.807, 2.05) is 30.3 Å². The standard InChI is InChI=1S/C23H22FN7/c1-15(16-3-5-17(6-4-16)18(11-25)12-26-2)30-22-10-20(28-14-29-22)21-13-27-23-9-19(24)7-8-31(21)23/h3-15H,25H2,1-2H3,(H,28,29,30). The Hall–Kier alpha value is -4.07. The van der Waals surface area contributed by atoms with Crippen molar-refractivity contribution in [2.45, 2.75) is 13.0 Å². The van der Waals surface area contributed by atoms with Gasteiger partial charge < -0.3 is 11.1 Å². The van der Waals surface area contributed by atoms with Crippen LogP contribution < -0.4 is 11.1 Å². The topological polar surface area (TPSA) is 93.5 Å². The molecule has 4 rings (SSSR count). The minimum absolute atomic E-state index is 0.0122. The maximum atomic E-state index is 13.4. The first-order valence-electron chi connectivity index (χ1n) is 9.75. The number of pyridine rings is 1. The first kappa shape index (κ1) is 20.2. The summed E-state index contributed by atoms with van der Waals surface area (Å²) < 4.78 is 15.2. The third-order valence-electron chi connectivity index (χ3n) is 4.96. The summed E-state index contributed by atoms with van der Waals surface area (Å²) in [5.74, 6) is 0.352. The van der Waals surface area contributed by atoms with E-state index in [1.165, 1.54) is 18.5 Å². The van der Waals surface area contributed by atoms with Gasteiger partial charge in [-0.25, -0.2) is 19.3 Å². The molecule has 156 valence electrons. The monoisotopic (exact) mass is 415 g/mol. The Morgan fingerprint density at radius 1 is 1.16 bits per heavy atom. The quantitative estimate of drug-likeness (QED) is 0.463. The van der Waals surface area contributed by atoms with Crippen LogP contribution in [0.25, 0.3) is 22.6 Å². The number of aromatic nitrogens is 4. The van der Waals surface area contributed by atoms with Crippen molar-refractivity contribution in [1.29, 1.82) is 0 Å². The number of allylic oxidation sites excluding steroid dienone is 1. The Kier molecular flexibility index (Phi) is 5.70. The molecule has 0 aliphatic heterocycles. The predicted octanol–water partition coefficient (Wildman–Crippen LogP) is 4.10. The van der Waals surface area contributed by atoms with Crippen LogP contribution in [0.2, 0.25) is 0 Å². The number of nitrogens with zero attached hydrogens (tertiary/aromatic N) is 5. The van der Waals surface area contributed by atoms with Crippen molar-refractivity contribution in [3.05, 3.63) is 84.3 Å². The van der Waals surface area contributed by atoms with Crippen LogP contribution in [0.15, 0.2) is 72.4 Å². The van der Waals surface area contributed by atoms with E-state index >= 15 is 0 Å². The summed E-state index contributed by atoms with van der Waals surface area (Å²) in [4.78, 5) is 17.0. The predicted molar refractivity (Wildman–Crippen MR) is 121 cm³/mol.